The summed E-state index contributed by atoms with van der Waals surface area (Å²) in [6.45, 7) is 7.15. The summed E-state index contributed by atoms with van der Waals surface area (Å²) in [6.07, 6.45) is 4.62. The Morgan fingerprint density at radius 2 is 0.535 bits per heavy atom. The molecule has 0 saturated heterocycles. The third-order valence-electron chi connectivity index (χ3n) is 21.3. The summed E-state index contributed by atoms with van der Waals surface area (Å²) in [6, 6.07) is 139. The molecule has 1 radical (unpaired) electrons. The van der Waals surface area contributed by atoms with Crippen LogP contribution in [0.3, 0.4) is 0 Å². The molecule has 15 aromatic carbocycles. The molecule has 0 atom stereocenters. The Bertz CT molecular complexity index is 6010. The summed E-state index contributed by atoms with van der Waals surface area (Å²) in [5, 5.41) is 47.0. The maximum Gasteiger partial charge on any atom is 1.00 e. The Morgan fingerprint density at radius 3 is 0.739 bits per heavy atom. The Labute approximate surface area is 874 Å². The van der Waals surface area contributed by atoms with Crippen molar-refractivity contribution in [3.05, 3.63) is 493 Å². The standard InChI is InChI=1S/4C18H15P.C12H10F2N2O2.C11H8F2N2O2.C10H18BN2O2.C8H5BrF2O2.Na.H2O.Pd/c4*1-4-10-16(11-5-1)19(17-12-6-2-7-13-17)18-14-8-3-9-15-18;1-16-11(3-4-15-16)7-5-10(14)8(6-9(7)13)12(17)18-2;1-15-10(2-3-14-15)6-4-9(13)7(11(16)17)5-8(6)12;1-9(2,14)10(3,4)15-11-8-6-7-12-13(8)5;1-13-8(12)4-2-7(11)5(9)3-6(4)10;;;/h4*1-15H;3-6H,1-2H3;2-5H,1H3,(H,16,17);6-7,14H,1-5H3;2-3H,1H3;;1H2;/q;;;;;;;;+1;;/p-1. The number of hydrogen-bond donors (Lipinski definition) is 2. The summed E-state index contributed by atoms with van der Waals surface area (Å²) in [4.78, 5) is 32.7. The molecule has 0 aliphatic heterocycles. The largest absolute Gasteiger partial charge is 1.00 e. The fraction of sp³-hybridized carbons (Fsp3) is 0.0973. The van der Waals surface area contributed by atoms with E-state index in [9.17, 15) is 45.8 Å². The maximum absolute atomic E-state index is 13.9. The van der Waals surface area contributed by atoms with E-state index in [0.29, 0.717) is 17.5 Å². The van der Waals surface area contributed by atoms with Gasteiger partial charge in [0.25, 0.3) is 0 Å². The topological polar surface area (TPSA) is 203 Å². The second-order valence-electron chi connectivity index (χ2n) is 31.4. The summed E-state index contributed by atoms with van der Waals surface area (Å²) in [5.74, 6) is -8.16. The van der Waals surface area contributed by atoms with E-state index in [1.165, 1.54) is 91.5 Å². The third kappa shape index (κ3) is 33.2. The Hall–Kier alpha value is -12.3. The van der Waals surface area contributed by atoms with Crippen LogP contribution < -0.4 is 98.8 Å². The maximum atomic E-state index is 13.9. The van der Waals surface area contributed by atoms with E-state index in [1.54, 1.807) is 52.4 Å². The average molecular weight is 2150 g/mol. The monoisotopic (exact) mass is 2140 g/mol. The molecule has 29 heteroatoms. The van der Waals surface area contributed by atoms with Crippen LogP contribution in [0.1, 0.15) is 58.8 Å². The Morgan fingerprint density at radius 1 is 0.324 bits per heavy atom. The van der Waals surface area contributed by atoms with Gasteiger partial charge in [-0.15, -0.1) is 0 Å². The number of aliphatic hydroxyl groups is 1. The first-order valence-electron chi connectivity index (χ1n) is 43.7. The minimum absolute atomic E-state index is 0. The second-order valence-corrected chi connectivity index (χ2v) is 41.1. The summed E-state index contributed by atoms with van der Waals surface area (Å²) >= 11 is 2.78. The van der Waals surface area contributed by atoms with Gasteiger partial charge in [-0.3, -0.25) is 14.0 Å². The fourth-order valence-corrected chi connectivity index (χ4v) is 23.1. The molecule has 0 saturated carbocycles. The molecule has 142 heavy (non-hydrogen) atoms. The van der Waals surface area contributed by atoms with Gasteiger partial charge < -0.3 is 29.8 Å². The molecule has 0 amide bonds. The van der Waals surface area contributed by atoms with Gasteiger partial charge in [0.1, 0.15) is 34.9 Å². The first-order chi connectivity index (χ1) is 67.1. The van der Waals surface area contributed by atoms with Crippen LogP contribution in [0.5, 0.6) is 0 Å². The molecule has 3 N–H and O–H groups in total. The van der Waals surface area contributed by atoms with Crippen molar-refractivity contribution in [2.45, 2.75) is 38.9 Å². The molecule has 3 aromatic heterocycles. The molecule has 0 bridgehead atoms. The van der Waals surface area contributed by atoms with Gasteiger partial charge in [0.05, 0.1) is 58.0 Å². The molecular formula is C113H102BBrF6N6NaO9P4Pd. The SMILES string of the molecule is COC(=O)c1cc(F)c(-c2ccnn2C)cc1F.COC(=O)c1cc(F)c(Br)cc1F.Cn1nccc1-c1cc(F)c(C(=O)O)cc1F.Cn1nccc1[B]OC(C)(C)C(C)(C)O.[Na+].[OH-].[Pd].c1ccc(P(c2ccccc2)c2ccccc2)cc1.c1ccc(P(c2ccccc2)c2ccccc2)cc1.c1ccc(P(c2ccccc2)c2ccccc2)cc1.c1ccc(P(c2ccccc2)c2ccccc2)cc1. The van der Waals surface area contributed by atoms with Crippen molar-refractivity contribution in [1.29, 1.82) is 0 Å². The Kier molecular flexibility index (Phi) is 47.2. The molecule has 0 aliphatic carbocycles. The predicted molar refractivity (Wildman–Crippen MR) is 563 cm³/mol. The normalized spacial score (nSPS) is 10.5. The van der Waals surface area contributed by atoms with Crippen molar-refractivity contribution < 1.29 is 121 Å². The number of halogens is 7. The van der Waals surface area contributed by atoms with Gasteiger partial charge in [0.2, 0.25) is 0 Å². The van der Waals surface area contributed by atoms with Crippen LogP contribution in [0.15, 0.2) is 442 Å². The zero-order chi connectivity index (χ0) is 99.2. The number of carboxylic acid groups (broad SMARTS) is 1. The van der Waals surface area contributed by atoms with Crippen LogP contribution in [0.25, 0.3) is 22.5 Å². The second kappa shape index (κ2) is 58.3. The first-order valence-corrected chi connectivity index (χ1v) is 49.8. The fourth-order valence-electron chi connectivity index (χ4n) is 13.5. The predicted octanol–water partition coefficient (Wildman–Crippen LogP) is 17.6. The number of carboxylic acids is 1. The number of carbonyl (C=O) groups excluding carboxylic acids is 2. The van der Waals surface area contributed by atoms with Crippen LogP contribution in [0.2, 0.25) is 0 Å². The van der Waals surface area contributed by atoms with Crippen molar-refractivity contribution >= 4 is 142 Å². The molecular weight excluding hydrogens is 2040 g/mol. The summed E-state index contributed by atoms with van der Waals surface area (Å²) < 4.78 is 99.1. The number of nitrogens with zero attached hydrogens (tertiary/aromatic N) is 6. The average Bonchev–Trinajstić information content (AvgIpc) is 1.76. The number of ether oxygens (including phenoxy) is 2. The van der Waals surface area contributed by atoms with Crippen molar-refractivity contribution in [2.75, 3.05) is 14.2 Å². The number of aromatic nitrogens is 6. The number of aromatic carboxylic acids is 1. The van der Waals surface area contributed by atoms with E-state index in [4.69, 9.17) is 9.76 Å². The third-order valence-corrected chi connectivity index (χ3v) is 31.7. The van der Waals surface area contributed by atoms with E-state index in [1.807, 2.05) is 27.0 Å². The molecule has 3 heterocycles. The van der Waals surface area contributed by atoms with Crippen molar-refractivity contribution in [3.63, 3.8) is 0 Å². The van der Waals surface area contributed by atoms with Gasteiger partial charge >= 0.3 is 54.9 Å². The number of rotatable bonds is 21. The number of esters is 2. The minimum atomic E-state index is -1.50. The minimum Gasteiger partial charge on any atom is -0.870 e. The van der Waals surface area contributed by atoms with Crippen LogP contribution in [0, 0.1) is 34.9 Å². The van der Waals surface area contributed by atoms with Gasteiger partial charge in [-0.05, 0) is 194 Å². The number of methoxy groups -OCH3 is 2. The first kappa shape index (κ1) is 115. The zero-order valence-electron chi connectivity index (χ0n) is 79.4. The summed E-state index contributed by atoms with van der Waals surface area (Å²) in [7, 11) is 7.07. The Balaban J connectivity index is 0.000000199. The van der Waals surface area contributed by atoms with Gasteiger partial charge in [-0.25, -0.2) is 40.7 Å². The number of aryl methyl sites for hydroxylation is 3. The van der Waals surface area contributed by atoms with Gasteiger partial charge in [0.15, 0.2) is 0 Å². The summed E-state index contributed by atoms with van der Waals surface area (Å²) in [5.41, 5.74) is -1.39. The quantitative estimate of drug-likeness (QED) is 0.0227. The smallest absolute Gasteiger partial charge is 0.870 e. The molecule has 0 unspecified atom stereocenters. The van der Waals surface area contributed by atoms with E-state index in [-0.39, 0.29) is 71.1 Å². The molecule has 721 valence electrons. The molecule has 18 aromatic rings. The van der Waals surface area contributed by atoms with Crippen molar-refractivity contribution in [2.24, 2.45) is 21.1 Å². The van der Waals surface area contributed by atoms with Crippen LogP contribution in [-0.2, 0) is 55.7 Å². The molecule has 0 aliphatic rings. The van der Waals surface area contributed by atoms with E-state index < -0.39 is 112 Å². The molecule has 0 spiro atoms. The molecule has 15 nitrogen and oxygen atoms in total. The van der Waals surface area contributed by atoms with Gasteiger partial charge in [0, 0.05) is 76.9 Å². The van der Waals surface area contributed by atoms with Gasteiger partial charge in [-0.1, -0.05) is 364 Å². The van der Waals surface area contributed by atoms with E-state index >= 15 is 0 Å². The van der Waals surface area contributed by atoms with Crippen LogP contribution >= 0.6 is 47.6 Å². The number of benzene rings is 15. The molecule has 0 fully saturated rings. The van der Waals surface area contributed by atoms with Crippen molar-refractivity contribution in [3.8, 4) is 22.5 Å². The van der Waals surface area contributed by atoms with E-state index in [2.05, 4.69) is 405 Å². The number of hydrogen-bond acceptors (Lipinski definition) is 11. The zero-order valence-corrected chi connectivity index (χ0v) is 88.1. The van der Waals surface area contributed by atoms with Crippen LogP contribution in [0.4, 0.5) is 26.3 Å². The van der Waals surface area contributed by atoms with E-state index in [0.717, 1.165) is 50.1 Å². The number of carbonyl (C=O) groups is 3. The van der Waals surface area contributed by atoms with Crippen molar-refractivity contribution in [1.82, 2.24) is 29.3 Å². The van der Waals surface area contributed by atoms with Gasteiger partial charge in [-0.2, -0.15) is 15.3 Å². The molecule has 18 rings (SSSR count). The van der Waals surface area contributed by atoms with Crippen LogP contribution in [-0.4, -0.2) is 95.8 Å².